The summed E-state index contributed by atoms with van der Waals surface area (Å²) in [7, 11) is 1.68. The summed E-state index contributed by atoms with van der Waals surface area (Å²) in [5, 5.41) is 1.15. The molecule has 0 N–H and O–H groups in total. The van der Waals surface area contributed by atoms with Crippen molar-refractivity contribution in [3.63, 3.8) is 0 Å². The van der Waals surface area contributed by atoms with E-state index < -0.39 is 0 Å². The van der Waals surface area contributed by atoms with Crippen molar-refractivity contribution in [3.8, 4) is 11.5 Å². The van der Waals surface area contributed by atoms with E-state index in [1.54, 1.807) is 7.11 Å². The van der Waals surface area contributed by atoms with Crippen molar-refractivity contribution in [1.82, 2.24) is 9.47 Å². The summed E-state index contributed by atoms with van der Waals surface area (Å²) < 4.78 is 19.4. The number of carbonyl (C=O) groups is 1. The van der Waals surface area contributed by atoms with Gasteiger partial charge in [-0.15, -0.1) is 0 Å². The third-order valence-corrected chi connectivity index (χ3v) is 7.96. The summed E-state index contributed by atoms with van der Waals surface area (Å²) in [5.74, 6) is 1.64. The Bertz CT molecular complexity index is 1620. The quantitative estimate of drug-likeness (QED) is 0.192. The van der Waals surface area contributed by atoms with Gasteiger partial charge in [0, 0.05) is 49.1 Å². The number of amides is 1. The Morgan fingerprint density at radius 2 is 1.60 bits per heavy atom. The third-order valence-electron chi connectivity index (χ3n) is 7.96. The lowest BCUT2D eigenvalue weighted by molar-refractivity contribution is -0.135. The van der Waals surface area contributed by atoms with Crippen LogP contribution in [-0.4, -0.2) is 48.8 Å². The van der Waals surface area contributed by atoms with Gasteiger partial charge in [0.05, 0.1) is 20.3 Å². The number of rotatable bonds is 10. The first kappa shape index (κ1) is 27.6. The highest BCUT2D eigenvalue weighted by atomic mass is 16.5. The second-order valence-corrected chi connectivity index (χ2v) is 10.7. The van der Waals surface area contributed by atoms with Crippen LogP contribution in [0.5, 0.6) is 11.5 Å². The number of methoxy groups -OCH3 is 1. The smallest absolute Gasteiger partial charge is 0.223 e. The molecule has 214 valence electrons. The minimum atomic E-state index is -0.136. The Kier molecular flexibility index (Phi) is 8.52. The van der Waals surface area contributed by atoms with Crippen LogP contribution >= 0.6 is 0 Å². The lowest BCUT2D eigenvalue weighted by Gasteiger charge is -2.29. The van der Waals surface area contributed by atoms with E-state index in [0.717, 1.165) is 45.6 Å². The second kappa shape index (κ2) is 13.0. The Hall–Kier alpha value is -4.55. The molecule has 1 fully saturated rings. The summed E-state index contributed by atoms with van der Waals surface area (Å²) in [6, 6.07) is 35.0. The van der Waals surface area contributed by atoms with Gasteiger partial charge in [-0.05, 0) is 52.6 Å². The van der Waals surface area contributed by atoms with E-state index in [-0.39, 0.29) is 11.8 Å². The summed E-state index contributed by atoms with van der Waals surface area (Å²) in [6.07, 6.45) is 2.60. The lowest BCUT2D eigenvalue weighted by Crippen LogP contribution is -2.41. The number of carbonyl (C=O) groups excluding carboxylic acids is 1. The molecule has 0 aliphatic carbocycles. The highest BCUT2D eigenvalue weighted by Gasteiger charge is 2.26. The maximum Gasteiger partial charge on any atom is 0.223 e. The van der Waals surface area contributed by atoms with Gasteiger partial charge in [-0.1, -0.05) is 72.8 Å². The van der Waals surface area contributed by atoms with E-state index in [2.05, 4.69) is 71.4 Å². The maximum absolute atomic E-state index is 13.7. The topological polar surface area (TPSA) is 52.9 Å². The van der Waals surface area contributed by atoms with E-state index in [1.807, 2.05) is 47.4 Å². The molecule has 1 saturated heterocycles. The van der Waals surface area contributed by atoms with E-state index in [1.165, 1.54) is 5.56 Å². The zero-order valence-electron chi connectivity index (χ0n) is 23.9. The van der Waals surface area contributed by atoms with Gasteiger partial charge in [-0.3, -0.25) is 4.79 Å². The summed E-state index contributed by atoms with van der Waals surface area (Å²) in [5.41, 5.74) is 5.64. The molecule has 1 atom stereocenters. The van der Waals surface area contributed by atoms with Crippen LogP contribution in [0.25, 0.3) is 10.9 Å². The number of aromatic nitrogens is 1. The molecule has 6 rings (SSSR count). The molecule has 1 aliphatic heterocycles. The van der Waals surface area contributed by atoms with Crippen molar-refractivity contribution in [2.75, 3.05) is 33.4 Å². The van der Waals surface area contributed by atoms with Crippen LogP contribution in [0, 0.1) is 0 Å². The van der Waals surface area contributed by atoms with E-state index >= 15 is 0 Å². The number of benzene rings is 4. The number of hydrogen-bond donors (Lipinski definition) is 0. The van der Waals surface area contributed by atoms with Crippen LogP contribution in [0.15, 0.2) is 109 Å². The molecule has 5 aromatic rings. The van der Waals surface area contributed by atoms with Crippen molar-refractivity contribution >= 4 is 16.8 Å². The molecule has 0 spiro atoms. The first-order chi connectivity index (χ1) is 20.7. The number of nitrogens with zero attached hydrogens (tertiary/aromatic N) is 2. The van der Waals surface area contributed by atoms with Crippen LogP contribution in [0.1, 0.15) is 34.6 Å². The van der Waals surface area contributed by atoms with Gasteiger partial charge in [0.1, 0.15) is 18.1 Å². The second-order valence-electron chi connectivity index (χ2n) is 10.7. The first-order valence-corrected chi connectivity index (χ1v) is 14.5. The van der Waals surface area contributed by atoms with E-state index in [9.17, 15) is 4.79 Å². The van der Waals surface area contributed by atoms with Crippen LogP contribution in [-0.2, 0) is 22.7 Å². The van der Waals surface area contributed by atoms with Gasteiger partial charge in [0.2, 0.25) is 5.91 Å². The summed E-state index contributed by atoms with van der Waals surface area (Å²) >= 11 is 0. The fourth-order valence-corrected chi connectivity index (χ4v) is 5.70. The summed E-state index contributed by atoms with van der Waals surface area (Å²) in [6.45, 7) is 3.63. The minimum absolute atomic E-state index is 0.136. The Labute approximate surface area is 247 Å². The van der Waals surface area contributed by atoms with Gasteiger partial charge in [0.25, 0.3) is 0 Å². The van der Waals surface area contributed by atoms with E-state index in [0.29, 0.717) is 39.3 Å². The van der Waals surface area contributed by atoms with Crippen LogP contribution in [0.2, 0.25) is 0 Å². The van der Waals surface area contributed by atoms with Crippen molar-refractivity contribution in [1.29, 1.82) is 0 Å². The number of fused-ring (bicyclic) bond motifs is 1. The van der Waals surface area contributed by atoms with Gasteiger partial charge in [-0.25, -0.2) is 0 Å². The number of morpholine rings is 1. The first-order valence-electron chi connectivity index (χ1n) is 14.5. The van der Waals surface area contributed by atoms with E-state index in [4.69, 9.17) is 14.2 Å². The molecule has 6 nitrogen and oxygen atoms in total. The third kappa shape index (κ3) is 6.34. The van der Waals surface area contributed by atoms with Gasteiger partial charge < -0.3 is 23.7 Å². The normalized spacial score (nSPS) is 14.1. The number of para-hydroxylation sites is 1. The number of ether oxygens (including phenoxy) is 3. The predicted molar refractivity (Wildman–Crippen MR) is 165 cm³/mol. The molecular weight excluding hydrogens is 524 g/mol. The molecule has 2 heterocycles. The molecule has 1 amide bonds. The van der Waals surface area contributed by atoms with Crippen molar-refractivity contribution in [2.24, 2.45) is 0 Å². The zero-order valence-corrected chi connectivity index (χ0v) is 23.9. The van der Waals surface area contributed by atoms with Gasteiger partial charge in [0.15, 0.2) is 0 Å². The fraction of sp³-hybridized carbons (Fsp3) is 0.250. The van der Waals surface area contributed by atoms with Crippen LogP contribution in [0.4, 0.5) is 0 Å². The molecule has 6 heteroatoms. The maximum atomic E-state index is 13.7. The highest BCUT2D eigenvalue weighted by Crippen LogP contribution is 2.37. The average molecular weight is 561 g/mol. The largest absolute Gasteiger partial charge is 0.497 e. The average Bonchev–Trinajstić information content (AvgIpc) is 3.41. The molecule has 1 aromatic heterocycles. The molecule has 0 bridgehead atoms. The molecule has 42 heavy (non-hydrogen) atoms. The molecule has 1 aliphatic rings. The summed E-state index contributed by atoms with van der Waals surface area (Å²) in [4.78, 5) is 15.6. The van der Waals surface area contributed by atoms with Crippen molar-refractivity contribution in [3.05, 3.63) is 132 Å². The van der Waals surface area contributed by atoms with Crippen LogP contribution < -0.4 is 9.47 Å². The minimum Gasteiger partial charge on any atom is -0.497 e. The Balaban J connectivity index is 1.36. The molecule has 0 radical (unpaired) electrons. The van der Waals surface area contributed by atoms with Crippen molar-refractivity contribution in [2.45, 2.75) is 25.5 Å². The predicted octanol–water partition coefficient (Wildman–Crippen LogP) is 6.66. The van der Waals surface area contributed by atoms with Crippen LogP contribution in [0.3, 0.4) is 0 Å². The highest BCUT2D eigenvalue weighted by molar-refractivity contribution is 5.87. The Morgan fingerprint density at radius 1 is 0.833 bits per heavy atom. The molecular formula is C36H36N2O4. The molecule has 0 unspecified atom stereocenters. The monoisotopic (exact) mass is 560 g/mol. The lowest BCUT2D eigenvalue weighted by atomic mass is 9.87. The van der Waals surface area contributed by atoms with Crippen molar-refractivity contribution < 1.29 is 19.0 Å². The Morgan fingerprint density at radius 3 is 2.38 bits per heavy atom. The fourth-order valence-electron chi connectivity index (χ4n) is 5.70. The van der Waals surface area contributed by atoms with Gasteiger partial charge in [-0.2, -0.15) is 0 Å². The molecule has 4 aromatic carbocycles. The van der Waals surface area contributed by atoms with Gasteiger partial charge >= 0.3 is 0 Å². The number of hydrogen-bond acceptors (Lipinski definition) is 4. The standard InChI is InChI=1S/C36H36N2O4/c1-40-30-16-14-27(15-17-30)24-38-25-34(32-12-5-6-13-35(32)38)33(23-36(39)37-18-20-41-21-19-37)29-10-7-11-31(22-29)42-26-28-8-3-2-4-9-28/h2-17,22,25,33H,18-21,23-24,26H2,1H3/t33-/m1/s1. The SMILES string of the molecule is COc1ccc(Cn2cc([C@H](CC(=O)N3CCOCC3)c3cccc(OCc4ccccc4)c3)c3ccccc32)cc1. The zero-order chi connectivity index (χ0) is 28.7. The molecule has 0 saturated carbocycles.